The molecule has 0 bridgehead atoms. The topological polar surface area (TPSA) is 98.7 Å². The summed E-state index contributed by atoms with van der Waals surface area (Å²) >= 11 is 0. The van der Waals surface area contributed by atoms with E-state index >= 15 is 0 Å². The summed E-state index contributed by atoms with van der Waals surface area (Å²) in [7, 11) is 0. The first-order chi connectivity index (χ1) is 19.7. The number of hydrogen-bond donors (Lipinski definition) is 1. The third-order valence-corrected chi connectivity index (χ3v) is 7.04. The second-order valence-corrected chi connectivity index (χ2v) is 10.3. The molecule has 0 unspecified atom stereocenters. The van der Waals surface area contributed by atoms with Crippen molar-refractivity contribution in [3.63, 3.8) is 0 Å². The molecule has 0 atom stereocenters. The molecule has 13 heteroatoms. The smallest absolute Gasteiger partial charge is 0.363 e. The standard InChI is InChI=1S/C28H27F4N9/c1-4-19-20(21(17-9-10-17)36-14-35-19)24-38-25(27-33-11-12-40(27)39-24)34-13-16-5-7-18(8-6-16)26-37-22(28(30,31)32)23(29)41(26)15(2)3/h5-8,11-12,14-15,17H,4,9-10,13H2,1-3H3,(H,34,38,39). The average Bonchev–Trinajstić information content (AvgIpc) is 3.57. The van der Waals surface area contributed by atoms with Gasteiger partial charge in [-0.1, -0.05) is 31.2 Å². The van der Waals surface area contributed by atoms with E-state index in [1.165, 1.54) is 0 Å². The summed E-state index contributed by atoms with van der Waals surface area (Å²) < 4.78 is 57.2. The Morgan fingerprint density at radius 1 is 1.05 bits per heavy atom. The van der Waals surface area contributed by atoms with Gasteiger partial charge in [0.2, 0.25) is 5.95 Å². The molecule has 1 aliphatic carbocycles. The van der Waals surface area contributed by atoms with Gasteiger partial charge in [0.25, 0.3) is 0 Å². The van der Waals surface area contributed by atoms with Crippen molar-refractivity contribution in [2.24, 2.45) is 0 Å². The fourth-order valence-electron chi connectivity index (χ4n) is 4.89. The third-order valence-electron chi connectivity index (χ3n) is 7.04. The number of halogens is 4. The fraction of sp³-hybridized carbons (Fsp3) is 0.357. The van der Waals surface area contributed by atoms with Gasteiger partial charge in [-0.25, -0.2) is 29.4 Å². The van der Waals surface area contributed by atoms with E-state index in [1.807, 2.05) is 6.92 Å². The van der Waals surface area contributed by atoms with Gasteiger partial charge >= 0.3 is 6.18 Å². The van der Waals surface area contributed by atoms with Gasteiger partial charge in [0.15, 0.2) is 23.0 Å². The van der Waals surface area contributed by atoms with E-state index < -0.39 is 23.9 Å². The molecule has 0 spiro atoms. The minimum atomic E-state index is -4.89. The highest BCUT2D eigenvalue weighted by molar-refractivity contribution is 5.69. The van der Waals surface area contributed by atoms with E-state index in [4.69, 9.17) is 10.1 Å². The lowest BCUT2D eigenvalue weighted by Crippen LogP contribution is -2.11. The van der Waals surface area contributed by atoms with E-state index in [0.717, 1.165) is 39.9 Å². The van der Waals surface area contributed by atoms with Crippen LogP contribution >= 0.6 is 0 Å². The molecule has 1 N–H and O–H groups in total. The first-order valence-corrected chi connectivity index (χ1v) is 13.4. The Morgan fingerprint density at radius 2 is 1.80 bits per heavy atom. The molecule has 1 aliphatic rings. The van der Waals surface area contributed by atoms with Gasteiger partial charge in [-0.3, -0.25) is 4.57 Å². The number of alkyl halides is 3. The lowest BCUT2D eigenvalue weighted by Gasteiger charge is -2.14. The third kappa shape index (κ3) is 5.00. The molecule has 0 aliphatic heterocycles. The van der Waals surface area contributed by atoms with Crippen LogP contribution in [0.4, 0.5) is 23.4 Å². The average molecular weight is 566 g/mol. The maximum atomic E-state index is 14.6. The quantitative estimate of drug-likeness (QED) is 0.223. The first-order valence-electron chi connectivity index (χ1n) is 13.4. The fourth-order valence-corrected chi connectivity index (χ4v) is 4.89. The van der Waals surface area contributed by atoms with Gasteiger partial charge in [0.1, 0.15) is 12.2 Å². The maximum absolute atomic E-state index is 14.6. The highest BCUT2D eigenvalue weighted by atomic mass is 19.4. The van der Waals surface area contributed by atoms with Gasteiger partial charge in [-0.15, -0.1) is 5.10 Å². The summed E-state index contributed by atoms with van der Waals surface area (Å²) in [6.45, 7) is 5.60. The number of aryl methyl sites for hydroxylation is 1. The highest BCUT2D eigenvalue weighted by Gasteiger charge is 2.40. The Kier molecular flexibility index (Phi) is 6.66. The molecule has 1 saturated carbocycles. The Labute approximate surface area is 232 Å². The monoisotopic (exact) mass is 565 g/mol. The van der Waals surface area contributed by atoms with Gasteiger partial charge in [-0.05, 0) is 38.7 Å². The molecule has 5 aromatic rings. The number of nitrogens with zero attached hydrogens (tertiary/aromatic N) is 8. The van der Waals surface area contributed by atoms with Gasteiger partial charge in [0.05, 0.1) is 17.0 Å². The summed E-state index contributed by atoms with van der Waals surface area (Å²) in [6, 6.07) is 6.21. The molecule has 212 valence electrons. The van der Waals surface area contributed by atoms with Crippen LogP contribution < -0.4 is 5.32 Å². The molecule has 0 saturated heterocycles. The highest BCUT2D eigenvalue weighted by Crippen LogP contribution is 2.43. The van der Waals surface area contributed by atoms with Crippen molar-refractivity contribution in [2.75, 3.05) is 5.32 Å². The van der Waals surface area contributed by atoms with Crippen LogP contribution in [0.1, 0.15) is 68.2 Å². The molecule has 0 radical (unpaired) electrons. The number of nitrogens with one attached hydrogen (secondary N) is 1. The Balaban J connectivity index is 1.30. The van der Waals surface area contributed by atoms with Crippen LogP contribution in [0.2, 0.25) is 0 Å². The summed E-state index contributed by atoms with van der Waals surface area (Å²) in [5.41, 5.74) is 2.92. The molecule has 9 nitrogen and oxygen atoms in total. The molecule has 0 amide bonds. The molecule has 4 heterocycles. The number of benzene rings is 1. The van der Waals surface area contributed by atoms with Crippen molar-refractivity contribution in [3.8, 4) is 22.8 Å². The van der Waals surface area contributed by atoms with E-state index in [0.29, 0.717) is 41.7 Å². The minimum absolute atomic E-state index is 0.0767. The second kappa shape index (κ2) is 10.2. The molecule has 6 rings (SSSR count). The zero-order valence-electron chi connectivity index (χ0n) is 22.6. The van der Waals surface area contributed by atoms with Crippen molar-refractivity contribution in [1.29, 1.82) is 0 Å². The van der Waals surface area contributed by atoms with Crippen LogP contribution in [0.3, 0.4) is 0 Å². The number of anilines is 1. The summed E-state index contributed by atoms with van der Waals surface area (Å²) in [6.07, 6.45) is 2.95. The molecular weight excluding hydrogens is 538 g/mol. The second-order valence-electron chi connectivity index (χ2n) is 10.3. The zero-order chi connectivity index (χ0) is 28.9. The van der Waals surface area contributed by atoms with Crippen LogP contribution in [-0.2, 0) is 19.1 Å². The molecule has 1 fully saturated rings. The van der Waals surface area contributed by atoms with Crippen LogP contribution in [-0.4, -0.2) is 39.1 Å². The lowest BCUT2D eigenvalue weighted by molar-refractivity contribution is -0.143. The number of hydrogen-bond acceptors (Lipinski definition) is 7. The molecular formula is C28H27F4N9. The van der Waals surface area contributed by atoms with Crippen molar-refractivity contribution in [3.05, 3.63) is 71.6 Å². The Morgan fingerprint density at radius 3 is 2.46 bits per heavy atom. The van der Waals surface area contributed by atoms with Crippen LogP contribution in [0.15, 0.2) is 43.0 Å². The lowest BCUT2D eigenvalue weighted by atomic mass is 10.1. The van der Waals surface area contributed by atoms with Gasteiger partial charge < -0.3 is 5.32 Å². The van der Waals surface area contributed by atoms with Crippen molar-refractivity contribution >= 4 is 11.5 Å². The Bertz CT molecular complexity index is 1720. The minimum Gasteiger partial charge on any atom is -0.363 e. The summed E-state index contributed by atoms with van der Waals surface area (Å²) in [5, 5.41) is 8.02. The van der Waals surface area contributed by atoms with Crippen LogP contribution in [0.5, 0.6) is 0 Å². The number of imidazole rings is 2. The van der Waals surface area contributed by atoms with E-state index in [9.17, 15) is 17.6 Å². The zero-order valence-corrected chi connectivity index (χ0v) is 22.6. The number of fused-ring (bicyclic) bond motifs is 1. The van der Waals surface area contributed by atoms with E-state index in [1.54, 1.807) is 61.3 Å². The predicted molar refractivity (Wildman–Crippen MR) is 143 cm³/mol. The molecule has 1 aromatic carbocycles. The van der Waals surface area contributed by atoms with Gasteiger partial charge in [-0.2, -0.15) is 17.6 Å². The van der Waals surface area contributed by atoms with Crippen LogP contribution in [0.25, 0.3) is 28.4 Å². The summed E-state index contributed by atoms with van der Waals surface area (Å²) in [5.74, 6) is -0.0643. The van der Waals surface area contributed by atoms with Crippen molar-refractivity contribution in [2.45, 2.75) is 64.7 Å². The van der Waals surface area contributed by atoms with Crippen LogP contribution in [0, 0.1) is 5.95 Å². The Hall–Kier alpha value is -4.42. The van der Waals surface area contributed by atoms with E-state index in [-0.39, 0.29) is 5.82 Å². The number of aromatic nitrogens is 8. The van der Waals surface area contributed by atoms with E-state index in [2.05, 4.69) is 25.3 Å². The van der Waals surface area contributed by atoms with Gasteiger partial charge in [0, 0.05) is 36.5 Å². The molecule has 4 aromatic heterocycles. The van der Waals surface area contributed by atoms with Crippen molar-refractivity contribution < 1.29 is 17.6 Å². The molecule has 41 heavy (non-hydrogen) atoms. The SMILES string of the molecule is CCc1ncnc(C2CC2)c1-c1nc(NCc2ccc(-c3nc(C(F)(F)F)c(F)n3C(C)C)cc2)c2nccn2n1. The normalized spacial score (nSPS) is 13.9. The number of rotatable bonds is 8. The largest absolute Gasteiger partial charge is 0.437 e. The summed E-state index contributed by atoms with van der Waals surface area (Å²) in [4.78, 5) is 21.9. The first kappa shape index (κ1) is 26.8. The van der Waals surface area contributed by atoms with Crippen molar-refractivity contribution in [1.82, 2.24) is 39.1 Å². The predicted octanol–water partition coefficient (Wildman–Crippen LogP) is 6.24. The maximum Gasteiger partial charge on any atom is 0.437 e.